The van der Waals surface area contributed by atoms with Crippen LogP contribution < -0.4 is 4.74 Å². The van der Waals surface area contributed by atoms with Crippen molar-refractivity contribution in [1.29, 1.82) is 0 Å². The van der Waals surface area contributed by atoms with Gasteiger partial charge in [0, 0.05) is 10.6 Å². The SMILES string of the molecule is COc1ccc(CSc2ccccc2C)cc1C#CCO. The standard InChI is InChI=1S/C18H18O2S/c1-14-6-3-4-8-18(14)21-13-15-9-10-17(20-2)16(12-15)7-5-11-19/h3-4,6,8-10,12,19H,11,13H2,1-2H3. The van der Waals surface area contributed by atoms with Gasteiger partial charge < -0.3 is 9.84 Å². The molecule has 0 aliphatic rings. The highest BCUT2D eigenvalue weighted by Crippen LogP contribution is 2.27. The van der Waals surface area contributed by atoms with Crippen molar-refractivity contribution in [2.75, 3.05) is 13.7 Å². The van der Waals surface area contributed by atoms with Crippen molar-refractivity contribution in [2.24, 2.45) is 0 Å². The Hall–Kier alpha value is -1.89. The lowest BCUT2D eigenvalue weighted by Gasteiger charge is -2.08. The maximum absolute atomic E-state index is 8.82. The van der Waals surface area contributed by atoms with Crippen LogP contribution in [0.1, 0.15) is 16.7 Å². The van der Waals surface area contributed by atoms with E-state index in [1.54, 1.807) is 7.11 Å². The number of aliphatic hydroxyl groups is 1. The maximum atomic E-state index is 8.82. The van der Waals surface area contributed by atoms with E-state index in [9.17, 15) is 0 Å². The van der Waals surface area contributed by atoms with Gasteiger partial charge in [0.15, 0.2) is 0 Å². The highest BCUT2D eigenvalue weighted by molar-refractivity contribution is 7.98. The van der Waals surface area contributed by atoms with Gasteiger partial charge in [-0.05, 0) is 36.2 Å². The zero-order valence-corrected chi connectivity index (χ0v) is 13.0. The van der Waals surface area contributed by atoms with Gasteiger partial charge in [0.1, 0.15) is 12.4 Å². The van der Waals surface area contributed by atoms with Crippen LogP contribution in [0.15, 0.2) is 47.4 Å². The number of ether oxygens (including phenoxy) is 1. The van der Waals surface area contributed by atoms with Crippen molar-refractivity contribution in [2.45, 2.75) is 17.6 Å². The summed E-state index contributed by atoms with van der Waals surface area (Å²) in [6.45, 7) is 1.97. The number of aryl methyl sites for hydroxylation is 1. The fourth-order valence-electron chi connectivity index (χ4n) is 1.96. The van der Waals surface area contributed by atoms with Crippen LogP contribution in [0, 0.1) is 18.8 Å². The Morgan fingerprint density at radius 2 is 2.00 bits per heavy atom. The smallest absolute Gasteiger partial charge is 0.134 e. The fourth-order valence-corrected chi connectivity index (χ4v) is 2.93. The minimum atomic E-state index is -0.147. The number of rotatable bonds is 4. The van der Waals surface area contributed by atoms with Crippen LogP contribution in [-0.4, -0.2) is 18.8 Å². The lowest BCUT2D eigenvalue weighted by Crippen LogP contribution is -1.91. The van der Waals surface area contributed by atoms with Gasteiger partial charge in [0.05, 0.1) is 12.7 Å². The largest absolute Gasteiger partial charge is 0.495 e. The molecule has 0 aliphatic heterocycles. The molecule has 2 rings (SSSR count). The first-order chi connectivity index (χ1) is 10.2. The number of benzene rings is 2. The molecule has 1 N–H and O–H groups in total. The molecular weight excluding hydrogens is 280 g/mol. The predicted octanol–water partition coefficient (Wildman–Crippen LogP) is 3.64. The fraction of sp³-hybridized carbons (Fsp3) is 0.222. The van der Waals surface area contributed by atoms with Crippen LogP contribution in [0.2, 0.25) is 0 Å². The Morgan fingerprint density at radius 3 is 2.71 bits per heavy atom. The van der Waals surface area contributed by atoms with E-state index in [0.717, 1.165) is 17.1 Å². The molecule has 0 amide bonds. The molecule has 0 aromatic heterocycles. The van der Waals surface area contributed by atoms with Gasteiger partial charge in [-0.25, -0.2) is 0 Å². The van der Waals surface area contributed by atoms with Crippen LogP contribution in [0.25, 0.3) is 0 Å². The molecular formula is C18H18O2S. The van der Waals surface area contributed by atoms with Crippen LogP contribution in [-0.2, 0) is 5.75 Å². The molecule has 108 valence electrons. The van der Waals surface area contributed by atoms with E-state index in [1.807, 2.05) is 30.0 Å². The van der Waals surface area contributed by atoms with E-state index in [2.05, 4.69) is 43.0 Å². The maximum Gasteiger partial charge on any atom is 0.134 e. The second-order valence-corrected chi connectivity index (χ2v) is 5.57. The van der Waals surface area contributed by atoms with Crippen molar-refractivity contribution in [3.8, 4) is 17.6 Å². The first kappa shape index (κ1) is 15.5. The Morgan fingerprint density at radius 1 is 1.19 bits per heavy atom. The third-order valence-corrected chi connectivity index (χ3v) is 4.30. The molecule has 3 heteroatoms. The quantitative estimate of drug-likeness (QED) is 0.690. The highest BCUT2D eigenvalue weighted by atomic mass is 32.2. The molecule has 0 bridgehead atoms. The van der Waals surface area contributed by atoms with Crippen LogP contribution in [0.4, 0.5) is 0 Å². The van der Waals surface area contributed by atoms with Gasteiger partial charge in [0.25, 0.3) is 0 Å². The van der Waals surface area contributed by atoms with Crippen LogP contribution in [0.5, 0.6) is 5.75 Å². The topological polar surface area (TPSA) is 29.5 Å². The Labute approximate surface area is 130 Å². The van der Waals surface area contributed by atoms with Crippen molar-refractivity contribution >= 4 is 11.8 Å². The molecule has 2 nitrogen and oxygen atoms in total. The Balaban J connectivity index is 2.15. The van der Waals surface area contributed by atoms with Gasteiger partial charge >= 0.3 is 0 Å². The predicted molar refractivity (Wildman–Crippen MR) is 87.7 cm³/mol. The zero-order chi connectivity index (χ0) is 15.1. The number of hydrogen-bond acceptors (Lipinski definition) is 3. The van der Waals surface area contributed by atoms with E-state index in [0.29, 0.717) is 0 Å². The summed E-state index contributed by atoms with van der Waals surface area (Å²) in [4.78, 5) is 1.29. The second kappa shape index (κ2) is 7.78. The molecule has 0 atom stereocenters. The summed E-state index contributed by atoms with van der Waals surface area (Å²) in [5.41, 5.74) is 3.29. The summed E-state index contributed by atoms with van der Waals surface area (Å²) in [5.74, 6) is 7.21. The van der Waals surface area contributed by atoms with Gasteiger partial charge in [-0.15, -0.1) is 11.8 Å². The van der Waals surface area contributed by atoms with Gasteiger partial charge in [-0.3, -0.25) is 0 Å². The molecule has 2 aromatic rings. The summed E-state index contributed by atoms with van der Waals surface area (Å²) in [5, 5.41) is 8.82. The molecule has 0 aliphatic carbocycles. The molecule has 0 radical (unpaired) electrons. The molecule has 0 saturated heterocycles. The Bertz CT molecular complexity index is 668. The van der Waals surface area contributed by atoms with Gasteiger partial charge in [-0.1, -0.05) is 36.1 Å². The van der Waals surface area contributed by atoms with E-state index < -0.39 is 0 Å². The van der Waals surface area contributed by atoms with E-state index in [1.165, 1.54) is 16.0 Å². The van der Waals surface area contributed by atoms with Crippen molar-refractivity contribution < 1.29 is 9.84 Å². The van der Waals surface area contributed by atoms with Crippen LogP contribution in [0.3, 0.4) is 0 Å². The lowest BCUT2D eigenvalue weighted by atomic mass is 10.1. The second-order valence-electron chi connectivity index (χ2n) is 4.55. The van der Waals surface area contributed by atoms with Gasteiger partial charge in [-0.2, -0.15) is 0 Å². The average molecular weight is 298 g/mol. The van der Waals surface area contributed by atoms with Crippen LogP contribution >= 0.6 is 11.8 Å². The normalized spacial score (nSPS) is 9.86. The van der Waals surface area contributed by atoms with E-state index in [4.69, 9.17) is 9.84 Å². The minimum Gasteiger partial charge on any atom is -0.495 e. The summed E-state index contributed by atoms with van der Waals surface area (Å²) in [6.07, 6.45) is 0. The number of aliphatic hydroxyl groups excluding tert-OH is 1. The minimum absolute atomic E-state index is 0.147. The molecule has 0 saturated carbocycles. The first-order valence-electron chi connectivity index (χ1n) is 6.69. The van der Waals surface area contributed by atoms with Crippen molar-refractivity contribution in [3.63, 3.8) is 0 Å². The molecule has 0 spiro atoms. The Kier molecular flexibility index (Phi) is 5.74. The summed E-state index contributed by atoms with van der Waals surface area (Å²) in [7, 11) is 1.63. The lowest BCUT2D eigenvalue weighted by molar-refractivity contribution is 0.350. The summed E-state index contributed by atoms with van der Waals surface area (Å²) < 4.78 is 5.29. The third-order valence-electron chi connectivity index (χ3n) is 3.05. The molecule has 0 heterocycles. The average Bonchev–Trinajstić information content (AvgIpc) is 2.52. The third kappa shape index (κ3) is 4.29. The number of hydrogen-bond donors (Lipinski definition) is 1. The molecule has 0 unspecified atom stereocenters. The summed E-state index contributed by atoms with van der Waals surface area (Å²) >= 11 is 1.81. The summed E-state index contributed by atoms with van der Waals surface area (Å²) in [6, 6.07) is 14.4. The molecule has 0 fully saturated rings. The zero-order valence-electron chi connectivity index (χ0n) is 12.2. The highest BCUT2D eigenvalue weighted by Gasteiger charge is 2.04. The molecule has 21 heavy (non-hydrogen) atoms. The van der Waals surface area contributed by atoms with E-state index >= 15 is 0 Å². The van der Waals surface area contributed by atoms with Gasteiger partial charge in [0.2, 0.25) is 0 Å². The monoisotopic (exact) mass is 298 g/mol. The van der Waals surface area contributed by atoms with E-state index in [-0.39, 0.29) is 6.61 Å². The number of thioether (sulfide) groups is 1. The number of methoxy groups -OCH3 is 1. The van der Waals surface area contributed by atoms with Crippen molar-refractivity contribution in [3.05, 3.63) is 59.2 Å². The first-order valence-corrected chi connectivity index (χ1v) is 7.68. The molecule has 2 aromatic carbocycles. The van der Waals surface area contributed by atoms with Crippen molar-refractivity contribution in [1.82, 2.24) is 0 Å².